The highest BCUT2D eigenvalue weighted by atomic mass is 19.4. The van der Waals surface area contributed by atoms with E-state index in [2.05, 4.69) is 5.10 Å². The number of aryl methyl sites for hydroxylation is 1. The van der Waals surface area contributed by atoms with Crippen molar-refractivity contribution in [1.29, 1.82) is 0 Å². The van der Waals surface area contributed by atoms with Gasteiger partial charge in [-0.3, -0.25) is 19.6 Å². The average molecular weight is 540 g/mol. The Bertz CT molecular complexity index is 1330. The third-order valence-corrected chi connectivity index (χ3v) is 4.92. The summed E-state index contributed by atoms with van der Waals surface area (Å²) in [4.78, 5) is 22.8. The number of nitro benzene ring substituents is 1. The number of aromatic nitrogens is 2. The summed E-state index contributed by atoms with van der Waals surface area (Å²) in [6, 6.07) is 3.73. The first-order valence-electron chi connectivity index (χ1n) is 9.85. The number of nitro groups is 1. The van der Waals surface area contributed by atoms with Crippen LogP contribution >= 0.6 is 0 Å². The van der Waals surface area contributed by atoms with E-state index in [1.807, 2.05) is 0 Å². The Hall–Kier alpha value is -4.11. The van der Waals surface area contributed by atoms with Crippen LogP contribution in [0.5, 0.6) is 0 Å². The van der Waals surface area contributed by atoms with E-state index >= 15 is 0 Å². The minimum atomic E-state index is -5.24. The van der Waals surface area contributed by atoms with Gasteiger partial charge in [0.1, 0.15) is 0 Å². The normalized spacial score (nSPS) is 12.5. The molecule has 0 atom stereocenters. The summed E-state index contributed by atoms with van der Waals surface area (Å²) in [5.74, 6) is -1.66. The van der Waals surface area contributed by atoms with Gasteiger partial charge in [-0.25, -0.2) is 0 Å². The second-order valence-corrected chi connectivity index (χ2v) is 7.71. The fourth-order valence-electron chi connectivity index (χ4n) is 3.31. The zero-order valence-corrected chi connectivity index (χ0v) is 18.2. The van der Waals surface area contributed by atoms with E-state index in [9.17, 15) is 54.4 Å². The predicted octanol–water partition coefficient (Wildman–Crippen LogP) is 6.46. The Morgan fingerprint density at radius 2 is 1.51 bits per heavy atom. The average Bonchev–Trinajstić information content (AvgIpc) is 3.16. The monoisotopic (exact) mass is 540 g/mol. The molecule has 0 aliphatic heterocycles. The molecule has 0 radical (unpaired) electrons. The zero-order chi connectivity index (χ0) is 27.9. The molecule has 0 aliphatic carbocycles. The molecule has 0 saturated heterocycles. The van der Waals surface area contributed by atoms with E-state index in [1.54, 1.807) is 5.32 Å². The lowest BCUT2D eigenvalue weighted by atomic mass is 10.1. The Morgan fingerprint density at radius 3 is 1.97 bits per heavy atom. The first kappa shape index (κ1) is 27.5. The summed E-state index contributed by atoms with van der Waals surface area (Å²) < 4.78 is 119. The molecule has 198 valence electrons. The highest BCUT2D eigenvalue weighted by Crippen LogP contribution is 2.38. The summed E-state index contributed by atoms with van der Waals surface area (Å²) in [5, 5.41) is 15.8. The molecule has 3 aromatic rings. The molecule has 37 heavy (non-hydrogen) atoms. The second kappa shape index (κ2) is 9.40. The number of anilines is 1. The number of halogens is 9. The van der Waals surface area contributed by atoms with E-state index < -0.39 is 64.0 Å². The van der Waals surface area contributed by atoms with E-state index in [1.165, 1.54) is 19.1 Å². The van der Waals surface area contributed by atoms with Crippen molar-refractivity contribution in [2.75, 3.05) is 5.32 Å². The lowest BCUT2D eigenvalue weighted by molar-refractivity contribution is -0.385. The van der Waals surface area contributed by atoms with Gasteiger partial charge in [-0.2, -0.15) is 44.6 Å². The van der Waals surface area contributed by atoms with E-state index in [4.69, 9.17) is 0 Å². The number of nitrogens with zero attached hydrogens (tertiary/aromatic N) is 3. The largest absolute Gasteiger partial charge is 0.435 e. The third kappa shape index (κ3) is 6.37. The molecule has 3 rings (SSSR count). The summed E-state index contributed by atoms with van der Waals surface area (Å²) in [6.45, 7) is 0.992. The maximum atomic E-state index is 13.5. The van der Waals surface area contributed by atoms with Gasteiger partial charge in [0.15, 0.2) is 5.69 Å². The minimum absolute atomic E-state index is 0.143. The van der Waals surface area contributed by atoms with Crippen LogP contribution in [0.15, 0.2) is 42.6 Å². The fourth-order valence-corrected chi connectivity index (χ4v) is 3.31. The topological polar surface area (TPSA) is 90.1 Å². The molecule has 2 aromatic carbocycles. The number of rotatable bonds is 5. The first-order chi connectivity index (χ1) is 16.9. The molecule has 0 unspecified atom stereocenters. The van der Waals surface area contributed by atoms with Crippen LogP contribution in [0.3, 0.4) is 0 Å². The molecule has 7 nitrogen and oxygen atoms in total. The molecule has 0 fully saturated rings. The summed E-state index contributed by atoms with van der Waals surface area (Å²) in [6.07, 6.45) is -15.1. The Morgan fingerprint density at radius 1 is 0.946 bits per heavy atom. The molecule has 0 saturated carbocycles. The summed E-state index contributed by atoms with van der Waals surface area (Å²) >= 11 is 0. The molecule has 0 aliphatic rings. The van der Waals surface area contributed by atoms with Gasteiger partial charge >= 0.3 is 18.5 Å². The van der Waals surface area contributed by atoms with Crippen LogP contribution in [0.2, 0.25) is 0 Å². The SMILES string of the molecule is Cc1cc(Cn2cc(C(=O)Nc3cc(C(F)(F)F)cc(C(F)(F)F)c3)c(C(F)(F)F)n2)ccc1[N+](=O)[O-]. The van der Waals surface area contributed by atoms with E-state index in [0.717, 1.165) is 6.07 Å². The van der Waals surface area contributed by atoms with Gasteiger partial charge < -0.3 is 5.32 Å². The van der Waals surface area contributed by atoms with Crippen molar-refractivity contribution in [1.82, 2.24) is 9.78 Å². The van der Waals surface area contributed by atoms with Crippen LogP contribution in [0.25, 0.3) is 0 Å². The molecule has 16 heteroatoms. The number of alkyl halides is 9. The molecule has 1 heterocycles. The molecule has 0 spiro atoms. The number of hydrogen-bond donors (Lipinski definition) is 1. The van der Waals surface area contributed by atoms with Gasteiger partial charge in [-0.1, -0.05) is 6.07 Å². The highest BCUT2D eigenvalue weighted by Gasteiger charge is 2.40. The molecule has 1 aromatic heterocycles. The Labute approximate surface area is 200 Å². The quantitative estimate of drug-likeness (QED) is 0.229. The van der Waals surface area contributed by atoms with Gasteiger partial charge in [0, 0.05) is 23.5 Å². The maximum Gasteiger partial charge on any atom is 0.435 e. The van der Waals surface area contributed by atoms with Crippen molar-refractivity contribution in [3.63, 3.8) is 0 Å². The lowest BCUT2D eigenvalue weighted by Gasteiger charge is -2.15. The molecule has 1 amide bonds. The van der Waals surface area contributed by atoms with Crippen molar-refractivity contribution in [2.45, 2.75) is 32.0 Å². The smallest absolute Gasteiger partial charge is 0.322 e. The van der Waals surface area contributed by atoms with Gasteiger partial charge in [0.05, 0.1) is 28.2 Å². The highest BCUT2D eigenvalue weighted by molar-refractivity contribution is 6.05. The van der Waals surface area contributed by atoms with Gasteiger partial charge in [0.2, 0.25) is 0 Å². The standard InChI is InChI=1S/C21H13F9N4O3/c1-10-4-11(2-3-16(10)34(36)37)8-33-9-15(17(32-33)21(28,29)30)18(35)31-14-6-12(19(22,23)24)5-13(7-14)20(25,26)27/h2-7,9H,8H2,1H3,(H,31,35). The zero-order valence-electron chi connectivity index (χ0n) is 18.2. The predicted molar refractivity (Wildman–Crippen MR) is 109 cm³/mol. The number of nitrogens with one attached hydrogen (secondary N) is 1. The van der Waals surface area contributed by atoms with Crippen LogP contribution in [-0.2, 0) is 25.1 Å². The van der Waals surface area contributed by atoms with Crippen molar-refractivity contribution in [2.24, 2.45) is 0 Å². The van der Waals surface area contributed by atoms with Gasteiger partial charge in [-0.05, 0) is 36.8 Å². The van der Waals surface area contributed by atoms with Crippen LogP contribution in [0, 0.1) is 17.0 Å². The van der Waals surface area contributed by atoms with Crippen molar-refractivity contribution < 1.29 is 49.2 Å². The van der Waals surface area contributed by atoms with Crippen molar-refractivity contribution in [3.05, 3.63) is 86.2 Å². The van der Waals surface area contributed by atoms with Crippen molar-refractivity contribution >= 4 is 17.3 Å². The van der Waals surface area contributed by atoms with Gasteiger partial charge in [0.25, 0.3) is 11.6 Å². The van der Waals surface area contributed by atoms with Crippen molar-refractivity contribution in [3.8, 4) is 0 Å². The van der Waals surface area contributed by atoms with E-state index in [-0.39, 0.29) is 35.0 Å². The van der Waals surface area contributed by atoms with Crippen LogP contribution in [0.1, 0.15) is 38.3 Å². The third-order valence-electron chi connectivity index (χ3n) is 4.92. The molecular weight excluding hydrogens is 527 g/mol. The Balaban J connectivity index is 1.98. The van der Waals surface area contributed by atoms with Gasteiger partial charge in [-0.15, -0.1) is 0 Å². The number of amides is 1. The number of hydrogen-bond acceptors (Lipinski definition) is 4. The second-order valence-electron chi connectivity index (χ2n) is 7.71. The van der Waals surface area contributed by atoms with Crippen LogP contribution in [0.4, 0.5) is 50.9 Å². The molecule has 1 N–H and O–H groups in total. The van der Waals surface area contributed by atoms with E-state index in [0.29, 0.717) is 10.9 Å². The summed E-state index contributed by atoms with van der Waals surface area (Å²) in [7, 11) is 0. The lowest BCUT2D eigenvalue weighted by Crippen LogP contribution is -2.19. The van der Waals surface area contributed by atoms with Crippen LogP contribution in [-0.4, -0.2) is 20.6 Å². The minimum Gasteiger partial charge on any atom is -0.322 e. The van der Waals surface area contributed by atoms with Crippen LogP contribution < -0.4 is 5.32 Å². The fraction of sp³-hybridized carbons (Fsp3) is 0.238. The molecular formula is C21H13F9N4O3. The number of carbonyl (C=O) groups is 1. The first-order valence-corrected chi connectivity index (χ1v) is 9.85. The number of benzene rings is 2. The maximum absolute atomic E-state index is 13.5. The summed E-state index contributed by atoms with van der Waals surface area (Å²) in [5.41, 5.74) is -7.31. The Kier molecular flexibility index (Phi) is 6.98. The molecule has 0 bridgehead atoms. The number of carbonyl (C=O) groups excluding carboxylic acids is 1.